The lowest BCUT2D eigenvalue weighted by Gasteiger charge is -2.14. The fourth-order valence-electron chi connectivity index (χ4n) is 2.97. The van der Waals surface area contributed by atoms with Gasteiger partial charge in [-0.15, -0.1) is 11.3 Å². The molecule has 0 atom stereocenters. The van der Waals surface area contributed by atoms with Gasteiger partial charge in [-0.1, -0.05) is 23.2 Å². The molecule has 1 aromatic heterocycles. The third-order valence-electron chi connectivity index (χ3n) is 4.30. The van der Waals surface area contributed by atoms with Crippen LogP contribution in [-0.4, -0.2) is 42.0 Å². The second-order valence-corrected chi connectivity index (χ2v) is 8.06. The van der Waals surface area contributed by atoms with Crippen molar-refractivity contribution in [3.05, 3.63) is 38.8 Å². The summed E-state index contributed by atoms with van der Waals surface area (Å²) in [5, 5.41) is 4.89. The first-order valence-electron chi connectivity index (χ1n) is 8.48. The van der Waals surface area contributed by atoms with E-state index in [9.17, 15) is 4.79 Å². The Hall–Kier alpha value is -1.14. The number of nitrogens with zero attached hydrogens (tertiary/aromatic N) is 2. The van der Waals surface area contributed by atoms with Crippen molar-refractivity contribution in [2.24, 2.45) is 0 Å². The Morgan fingerprint density at radius 2 is 2.08 bits per heavy atom. The van der Waals surface area contributed by atoms with E-state index in [1.165, 1.54) is 37.3 Å². The third-order valence-corrected chi connectivity index (χ3v) is 6.05. The molecule has 1 N–H and O–H groups in total. The molecule has 4 nitrogen and oxygen atoms in total. The minimum atomic E-state index is -0.0687. The zero-order chi connectivity index (χ0) is 17.8. The van der Waals surface area contributed by atoms with Crippen LogP contribution in [-0.2, 0) is 0 Å². The Balaban J connectivity index is 1.61. The third kappa shape index (κ3) is 4.73. The molecule has 1 fully saturated rings. The van der Waals surface area contributed by atoms with E-state index in [1.54, 1.807) is 18.2 Å². The first kappa shape index (κ1) is 18.6. The van der Waals surface area contributed by atoms with Gasteiger partial charge in [-0.25, -0.2) is 4.98 Å². The number of rotatable bonds is 6. The highest BCUT2D eigenvalue weighted by atomic mass is 35.5. The number of amides is 1. The Morgan fingerprint density at radius 1 is 1.32 bits per heavy atom. The number of halogens is 2. The smallest absolute Gasteiger partial charge is 0.263 e. The number of benzene rings is 1. The topological polar surface area (TPSA) is 45.2 Å². The molecule has 0 saturated carbocycles. The predicted octanol–water partition coefficient (Wildman–Crippen LogP) is 4.64. The summed E-state index contributed by atoms with van der Waals surface area (Å²) in [5.41, 5.74) is 1.48. The van der Waals surface area contributed by atoms with Gasteiger partial charge in [-0.3, -0.25) is 4.79 Å². The van der Waals surface area contributed by atoms with E-state index in [1.807, 2.05) is 6.92 Å². The van der Waals surface area contributed by atoms with Crippen LogP contribution < -0.4 is 5.32 Å². The van der Waals surface area contributed by atoms with E-state index in [0.717, 1.165) is 18.5 Å². The number of aromatic nitrogens is 1. The van der Waals surface area contributed by atoms with Crippen LogP contribution in [0.1, 0.15) is 34.6 Å². The van der Waals surface area contributed by atoms with Crippen LogP contribution in [0.3, 0.4) is 0 Å². The van der Waals surface area contributed by atoms with Crippen molar-refractivity contribution in [3.63, 3.8) is 0 Å². The summed E-state index contributed by atoms with van der Waals surface area (Å²) in [4.78, 5) is 20.0. The molecule has 3 rings (SSSR count). The Kier molecular flexibility index (Phi) is 6.34. The first-order chi connectivity index (χ1) is 12.0. The summed E-state index contributed by atoms with van der Waals surface area (Å²) in [6.07, 6.45) is 3.55. The van der Waals surface area contributed by atoms with Gasteiger partial charge < -0.3 is 10.2 Å². The molecule has 134 valence electrons. The molecule has 2 heterocycles. The van der Waals surface area contributed by atoms with E-state index in [2.05, 4.69) is 15.2 Å². The quantitative estimate of drug-likeness (QED) is 0.721. The fraction of sp³-hybridized carbons (Fsp3) is 0.444. The normalized spacial score (nSPS) is 14.8. The molecular formula is C18H21Cl2N3OS. The lowest BCUT2D eigenvalue weighted by Crippen LogP contribution is -2.28. The molecule has 7 heteroatoms. The number of aryl methyl sites for hydroxylation is 1. The van der Waals surface area contributed by atoms with Crippen molar-refractivity contribution in [2.75, 3.05) is 26.2 Å². The molecule has 0 aliphatic carbocycles. The molecule has 0 radical (unpaired) electrons. The lowest BCUT2D eigenvalue weighted by atomic mass is 10.2. The van der Waals surface area contributed by atoms with Gasteiger partial charge in [0.1, 0.15) is 9.88 Å². The van der Waals surface area contributed by atoms with Crippen LogP contribution >= 0.6 is 34.5 Å². The number of carbonyl (C=O) groups is 1. The van der Waals surface area contributed by atoms with Gasteiger partial charge in [0.05, 0.1) is 10.7 Å². The molecular weight excluding hydrogens is 377 g/mol. The van der Waals surface area contributed by atoms with Crippen molar-refractivity contribution in [1.82, 2.24) is 15.2 Å². The number of hydrogen-bond acceptors (Lipinski definition) is 4. The van der Waals surface area contributed by atoms with Crippen molar-refractivity contribution in [3.8, 4) is 10.6 Å². The number of thiazole rings is 1. The number of nitrogens with one attached hydrogen (secondary N) is 1. The highest BCUT2D eigenvalue weighted by Crippen LogP contribution is 2.34. The lowest BCUT2D eigenvalue weighted by molar-refractivity contribution is 0.0955. The van der Waals surface area contributed by atoms with Gasteiger partial charge in [-0.2, -0.15) is 0 Å². The van der Waals surface area contributed by atoms with E-state index in [0.29, 0.717) is 32.2 Å². The summed E-state index contributed by atoms with van der Waals surface area (Å²) < 4.78 is 0. The molecule has 0 spiro atoms. The van der Waals surface area contributed by atoms with Crippen LogP contribution in [0.15, 0.2) is 18.2 Å². The molecule has 1 aliphatic heterocycles. The van der Waals surface area contributed by atoms with Crippen LogP contribution in [0.2, 0.25) is 10.0 Å². The van der Waals surface area contributed by atoms with Crippen LogP contribution in [0.5, 0.6) is 0 Å². The van der Waals surface area contributed by atoms with Gasteiger partial charge in [0.15, 0.2) is 0 Å². The predicted molar refractivity (Wildman–Crippen MR) is 105 cm³/mol. The zero-order valence-electron chi connectivity index (χ0n) is 14.1. The van der Waals surface area contributed by atoms with Gasteiger partial charge in [0.2, 0.25) is 0 Å². The van der Waals surface area contributed by atoms with E-state index in [4.69, 9.17) is 23.2 Å². The summed E-state index contributed by atoms with van der Waals surface area (Å²) in [6.45, 7) is 5.94. The van der Waals surface area contributed by atoms with Crippen molar-refractivity contribution in [2.45, 2.75) is 26.2 Å². The molecule has 1 amide bonds. The summed E-state index contributed by atoms with van der Waals surface area (Å²) in [5.74, 6) is -0.0687. The minimum Gasteiger partial charge on any atom is -0.351 e. The highest BCUT2D eigenvalue weighted by Gasteiger charge is 2.18. The largest absolute Gasteiger partial charge is 0.351 e. The summed E-state index contributed by atoms with van der Waals surface area (Å²) in [6, 6.07) is 5.26. The Labute approximate surface area is 162 Å². The summed E-state index contributed by atoms with van der Waals surface area (Å²) in [7, 11) is 0. The maximum Gasteiger partial charge on any atom is 0.263 e. The number of hydrogen-bond donors (Lipinski definition) is 1. The van der Waals surface area contributed by atoms with Gasteiger partial charge in [-0.05, 0) is 64.0 Å². The molecule has 2 aromatic rings. The second-order valence-electron chi connectivity index (χ2n) is 6.22. The van der Waals surface area contributed by atoms with E-state index >= 15 is 0 Å². The number of carbonyl (C=O) groups excluding carboxylic acids is 1. The molecule has 0 bridgehead atoms. The van der Waals surface area contributed by atoms with E-state index < -0.39 is 0 Å². The van der Waals surface area contributed by atoms with Gasteiger partial charge in [0, 0.05) is 17.1 Å². The fourth-order valence-corrected chi connectivity index (χ4v) is 4.42. The molecule has 0 unspecified atom stereocenters. The Bertz CT molecular complexity index is 757. The zero-order valence-corrected chi connectivity index (χ0v) is 16.5. The average molecular weight is 398 g/mol. The number of likely N-dealkylation sites (tertiary alicyclic amines) is 1. The monoisotopic (exact) mass is 397 g/mol. The average Bonchev–Trinajstić information content (AvgIpc) is 3.23. The SMILES string of the molecule is Cc1nc(-c2cc(Cl)ccc2Cl)sc1C(=O)NCCCN1CCCC1. The van der Waals surface area contributed by atoms with Crippen molar-refractivity contribution >= 4 is 40.4 Å². The van der Waals surface area contributed by atoms with Crippen LogP contribution in [0.4, 0.5) is 0 Å². The maximum atomic E-state index is 12.4. The van der Waals surface area contributed by atoms with Crippen LogP contribution in [0, 0.1) is 6.92 Å². The molecule has 1 aromatic carbocycles. The molecule has 1 aliphatic rings. The summed E-state index contributed by atoms with van der Waals surface area (Å²) >= 11 is 13.6. The van der Waals surface area contributed by atoms with Crippen molar-refractivity contribution in [1.29, 1.82) is 0 Å². The first-order valence-corrected chi connectivity index (χ1v) is 10.1. The maximum absolute atomic E-state index is 12.4. The Morgan fingerprint density at radius 3 is 2.84 bits per heavy atom. The van der Waals surface area contributed by atoms with E-state index in [-0.39, 0.29) is 5.91 Å². The minimum absolute atomic E-state index is 0.0687. The molecule has 25 heavy (non-hydrogen) atoms. The molecule has 1 saturated heterocycles. The van der Waals surface area contributed by atoms with Crippen LogP contribution in [0.25, 0.3) is 10.6 Å². The highest BCUT2D eigenvalue weighted by molar-refractivity contribution is 7.17. The van der Waals surface area contributed by atoms with Gasteiger partial charge >= 0.3 is 0 Å². The van der Waals surface area contributed by atoms with Crippen molar-refractivity contribution < 1.29 is 4.79 Å². The van der Waals surface area contributed by atoms with Gasteiger partial charge in [0.25, 0.3) is 5.91 Å². The second kappa shape index (κ2) is 8.49. The standard InChI is InChI=1S/C18H21Cl2N3OS/c1-12-16(17(24)21-7-4-10-23-8-2-3-9-23)25-18(22-12)14-11-13(19)5-6-15(14)20/h5-6,11H,2-4,7-10H2,1H3,(H,21,24).